The van der Waals surface area contributed by atoms with Gasteiger partial charge in [-0.1, -0.05) is 33.6 Å². The maximum absolute atomic E-state index is 12.8. The Kier molecular flexibility index (Phi) is 2.58. The second-order valence-electron chi connectivity index (χ2n) is 7.03. The van der Waals surface area contributed by atoms with Crippen LogP contribution in [-0.2, 0) is 9.59 Å². The molecule has 0 N–H and O–H groups in total. The lowest BCUT2D eigenvalue weighted by Crippen LogP contribution is -2.47. The molecule has 17 heavy (non-hydrogen) atoms. The molecule has 2 heteroatoms. The lowest BCUT2D eigenvalue weighted by atomic mass is 9.55. The molecule has 1 spiro atoms. The van der Waals surface area contributed by atoms with Crippen LogP contribution in [0.25, 0.3) is 0 Å². The lowest BCUT2D eigenvalue weighted by molar-refractivity contribution is -0.141. The van der Waals surface area contributed by atoms with Crippen molar-refractivity contribution < 1.29 is 9.59 Å². The minimum atomic E-state index is -0.783. The molecule has 2 nitrogen and oxygen atoms in total. The van der Waals surface area contributed by atoms with Crippen LogP contribution in [0.4, 0.5) is 0 Å². The van der Waals surface area contributed by atoms with E-state index in [0.717, 1.165) is 19.3 Å². The van der Waals surface area contributed by atoms with Crippen LogP contribution < -0.4 is 0 Å². The van der Waals surface area contributed by atoms with Gasteiger partial charge in [0.15, 0.2) is 11.6 Å². The van der Waals surface area contributed by atoms with Crippen LogP contribution in [0.3, 0.4) is 0 Å². The first-order valence-corrected chi connectivity index (χ1v) is 6.79. The summed E-state index contributed by atoms with van der Waals surface area (Å²) in [5.74, 6) is 0.681. The van der Waals surface area contributed by atoms with Crippen molar-refractivity contribution in [3.63, 3.8) is 0 Å². The fourth-order valence-corrected chi connectivity index (χ4v) is 4.54. The molecule has 0 radical (unpaired) electrons. The SMILES string of the molecule is CC1CCCCC12C(=O)C(C)(C)C(=O)C2(C)C. The molecule has 0 amide bonds. The fraction of sp³-hybridized carbons (Fsp3) is 0.867. The Morgan fingerprint density at radius 1 is 1.00 bits per heavy atom. The van der Waals surface area contributed by atoms with Crippen molar-refractivity contribution in [3.05, 3.63) is 0 Å². The largest absolute Gasteiger partial charge is 0.298 e. The fourth-order valence-electron chi connectivity index (χ4n) is 4.54. The summed E-state index contributed by atoms with van der Waals surface area (Å²) in [7, 11) is 0. The number of hydrogen-bond acceptors (Lipinski definition) is 2. The zero-order valence-electron chi connectivity index (χ0n) is 11.7. The van der Waals surface area contributed by atoms with E-state index in [9.17, 15) is 9.59 Å². The van der Waals surface area contributed by atoms with Crippen LogP contribution in [0.5, 0.6) is 0 Å². The number of carbonyl (C=O) groups excluding carboxylic acids is 2. The van der Waals surface area contributed by atoms with Crippen LogP contribution in [-0.4, -0.2) is 11.6 Å². The van der Waals surface area contributed by atoms with Gasteiger partial charge < -0.3 is 0 Å². The molecule has 2 fully saturated rings. The van der Waals surface area contributed by atoms with Gasteiger partial charge in [0.25, 0.3) is 0 Å². The zero-order valence-corrected chi connectivity index (χ0v) is 11.7. The van der Waals surface area contributed by atoms with Gasteiger partial charge in [0.2, 0.25) is 0 Å². The number of rotatable bonds is 0. The molecule has 0 saturated heterocycles. The smallest absolute Gasteiger partial charge is 0.153 e. The molecule has 2 unspecified atom stereocenters. The summed E-state index contributed by atoms with van der Waals surface area (Å²) in [6.07, 6.45) is 4.26. The molecular weight excluding hydrogens is 212 g/mol. The number of Topliss-reactive ketones (excluding diaryl/α,β-unsaturated/α-hetero) is 2. The average Bonchev–Trinajstić information content (AvgIpc) is 2.35. The van der Waals surface area contributed by atoms with Crippen molar-refractivity contribution in [1.29, 1.82) is 0 Å². The highest BCUT2D eigenvalue weighted by molar-refractivity contribution is 6.18. The van der Waals surface area contributed by atoms with Gasteiger partial charge in [-0.25, -0.2) is 0 Å². The predicted molar refractivity (Wildman–Crippen MR) is 67.6 cm³/mol. The molecule has 2 atom stereocenters. The van der Waals surface area contributed by atoms with Gasteiger partial charge in [-0.2, -0.15) is 0 Å². The second-order valence-corrected chi connectivity index (χ2v) is 7.03. The van der Waals surface area contributed by atoms with Gasteiger partial charge in [0.05, 0.1) is 5.41 Å². The van der Waals surface area contributed by atoms with E-state index < -0.39 is 16.2 Å². The van der Waals surface area contributed by atoms with E-state index in [0.29, 0.717) is 5.92 Å². The normalized spacial score (nSPS) is 39.9. The topological polar surface area (TPSA) is 34.1 Å². The molecule has 0 aliphatic heterocycles. The second kappa shape index (κ2) is 3.43. The minimum absolute atomic E-state index is 0.142. The van der Waals surface area contributed by atoms with Gasteiger partial charge in [-0.3, -0.25) is 9.59 Å². The van der Waals surface area contributed by atoms with Crippen molar-refractivity contribution in [2.75, 3.05) is 0 Å². The van der Waals surface area contributed by atoms with Gasteiger partial charge in [-0.05, 0) is 32.6 Å². The van der Waals surface area contributed by atoms with Crippen LogP contribution >= 0.6 is 0 Å². The maximum atomic E-state index is 12.8. The van der Waals surface area contributed by atoms with E-state index in [-0.39, 0.29) is 11.6 Å². The third-order valence-corrected chi connectivity index (χ3v) is 5.52. The summed E-state index contributed by atoms with van der Waals surface area (Å²) in [6, 6.07) is 0. The number of hydrogen-bond donors (Lipinski definition) is 0. The Bertz CT molecular complexity index is 378. The average molecular weight is 236 g/mol. The Hall–Kier alpha value is -0.660. The quantitative estimate of drug-likeness (QED) is 0.604. The maximum Gasteiger partial charge on any atom is 0.153 e. The molecule has 2 rings (SSSR count). The number of carbonyl (C=O) groups is 2. The molecule has 2 aliphatic carbocycles. The van der Waals surface area contributed by atoms with E-state index in [1.54, 1.807) is 0 Å². The monoisotopic (exact) mass is 236 g/mol. The summed E-state index contributed by atoms with van der Waals surface area (Å²) < 4.78 is 0. The molecule has 0 heterocycles. The first-order valence-electron chi connectivity index (χ1n) is 6.79. The van der Waals surface area contributed by atoms with Crippen molar-refractivity contribution in [2.45, 2.75) is 60.3 Å². The van der Waals surface area contributed by atoms with Crippen LogP contribution in [0.15, 0.2) is 0 Å². The van der Waals surface area contributed by atoms with E-state index >= 15 is 0 Å². The third kappa shape index (κ3) is 1.27. The van der Waals surface area contributed by atoms with Crippen LogP contribution in [0, 0.1) is 22.2 Å². The molecule has 0 aromatic carbocycles. The van der Waals surface area contributed by atoms with E-state index in [1.165, 1.54) is 6.42 Å². The van der Waals surface area contributed by atoms with Crippen molar-refractivity contribution in [3.8, 4) is 0 Å². The van der Waals surface area contributed by atoms with Gasteiger partial charge in [-0.15, -0.1) is 0 Å². The van der Waals surface area contributed by atoms with Crippen LogP contribution in [0.1, 0.15) is 60.3 Å². The summed E-state index contributed by atoms with van der Waals surface area (Å²) in [5.41, 5.74) is -1.67. The molecule has 2 saturated carbocycles. The number of ketones is 2. The highest BCUT2D eigenvalue weighted by Gasteiger charge is 2.69. The minimum Gasteiger partial charge on any atom is -0.298 e. The molecule has 0 bridgehead atoms. The Labute approximate surface area is 104 Å². The zero-order chi connectivity index (χ0) is 13.1. The van der Waals surface area contributed by atoms with E-state index in [4.69, 9.17) is 0 Å². The Morgan fingerprint density at radius 3 is 2.00 bits per heavy atom. The van der Waals surface area contributed by atoms with Gasteiger partial charge >= 0.3 is 0 Å². The lowest BCUT2D eigenvalue weighted by Gasteiger charge is -2.46. The molecule has 0 aromatic rings. The highest BCUT2D eigenvalue weighted by Crippen LogP contribution is 2.63. The molecule has 96 valence electrons. The summed E-state index contributed by atoms with van der Waals surface area (Å²) in [6.45, 7) is 9.77. The first kappa shape index (κ1) is 12.8. The summed E-state index contributed by atoms with van der Waals surface area (Å²) >= 11 is 0. The Balaban J connectivity index is 2.60. The van der Waals surface area contributed by atoms with Crippen LogP contribution in [0.2, 0.25) is 0 Å². The summed E-state index contributed by atoms with van der Waals surface area (Å²) in [5, 5.41) is 0. The molecule has 0 aromatic heterocycles. The van der Waals surface area contributed by atoms with Gasteiger partial charge in [0.1, 0.15) is 0 Å². The predicted octanol–water partition coefficient (Wildman–Crippen LogP) is 3.39. The standard InChI is InChI=1S/C15H24O2/c1-10-8-6-7-9-15(10)12(17)13(2,3)11(16)14(15,4)5/h10H,6-9H2,1-5H3. The third-order valence-electron chi connectivity index (χ3n) is 5.52. The molecule has 2 aliphatic rings. The summed E-state index contributed by atoms with van der Waals surface area (Å²) in [4.78, 5) is 25.4. The first-order chi connectivity index (χ1) is 7.69. The Morgan fingerprint density at radius 2 is 1.59 bits per heavy atom. The van der Waals surface area contributed by atoms with E-state index in [2.05, 4.69) is 6.92 Å². The van der Waals surface area contributed by atoms with Crippen molar-refractivity contribution in [1.82, 2.24) is 0 Å². The van der Waals surface area contributed by atoms with Gasteiger partial charge in [0, 0.05) is 10.8 Å². The van der Waals surface area contributed by atoms with E-state index in [1.807, 2.05) is 27.7 Å². The van der Waals surface area contributed by atoms with Crippen molar-refractivity contribution in [2.24, 2.45) is 22.2 Å². The highest BCUT2D eigenvalue weighted by atomic mass is 16.2. The van der Waals surface area contributed by atoms with Crippen molar-refractivity contribution >= 4 is 11.6 Å². The molecular formula is C15H24O2.